The van der Waals surface area contributed by atoms with Crippen LogP contribution in [0.5, 0.6) is 0 Å². The molecule has 19 heavy (non-hydrogen) atoms. The monoisotopic (exact) mass is 256 g/mol. The van der Waals surface area contributed by atoms with E-state index < -0.39 is 6.10 Å². The predicted octanol–water partition coefficient (Wildman–Crippen LogP) is 2.93. The molecule has 0 unspecified atom stereocenters. The summed E-state index contributed by atoms with van der Waals surface area (Å²) in [5, 5.41) is 10.3. The normalized spacial score (nSPS) is 12.2. The molecule has 0 saturated heterocycles. The molecule has 3 nitrogen and oxygen atoms in total. The van der Waals surface area contributed by atoms with Gasteiger partial charge in [-0.05, 0) is 31.0 Å². The molecule has 100 valence electrons. The Balaban J connectivity index is 2.30. The van der Waals surface area contributed by atoms with Crippen molar-refractivity contribution in [2.75, 3.05) is 18.5 Å². The van der Waals surface area contributed by atoms with E-state index in [4.69, 9.17) is 0 Å². The van der Waals surface area contributed by atoms with Crippen molar-refractivity contribution in [1.82, 2.24) is 4.98 Å². The zero-order valence-corrected chi connectivity index (χ0v) is 11.7. The summed E-state index contributed by atoms with van der Waals surface area (Å²) >= 11 is 0. The summed E-state index contributed by atoms with van der Waals surface area (Å²) in [5.74, 6) is 0.964. The SMILES string of the molecule is CCN(C)c1ncc([C@@H](O)c2ccccc2)cc1C. The number of aryl methyl sites for hydroxylation is 1. The van der Waals surface area contributed by atoms with Crippen LogP contribution in [-0.2, 0) is 0 Å². The number of aromatic nitrogens is 1. The Morgan fingerprint density at radius 2 is 1.89 bits per heavy atom. The minimum absolute atomic E-state index is 0.617. The highest BCUT2D eigenvalue weighted by Crippen LogP contribution is 2.24. The molecule has 1 aromatic heterocycles. The van der Waals surface area contributed by atoms with Gasteiger partial charge < -0.3 is 10.0 Å². The van der Waals surface area contributed by atoms with Crippen molar-refractivity contribution < 1.29 is 5.11 Å². The number of nitrogens with zero attached hydrogens (tertiary/aromatic N) is 2. The van der Waals surface area contributed by atoms with E-state index in [0.29, 0.717) is 0 Å². The molecule has 0 aliphatic carbocycles. The van der Waals surface area contributed by atoms with Crippen LogP contribution in [0.2, 0.25) is 0 Å². The third kappa shape index (κ3) is 2.93. The van der Waals surface area contributed by atoms with E-state index in [1.54, 1.807) is 6.20 Å². The van der Waals surface area contributed by atoms with E-state index in [9.17, 15) is 5.11 Å². The highest BCUT2D eigenvalue weighted by molar-refractivity contribution is 5.47. The van der Waals surface area contributed by atoms with Gasteiger partial charge in [0.05, 0.1) is 0 Å². The van der Waals surface area contributed by atoms with E-state index in [2.05, 4.69) is 16.8 Å². The fraction of sp³-hybridized carbons (Fsp3) is 0.312. The number of hydrogen-bond donors (Lipinski definition) is 1. The number of pyridine rings is 1. The van der Waals surface area contributed by atoms with Crippen LogP contribution in [0.3, 0.4) is 0 Å². The number of aliphatic hydroxyl groups is 1. The van der Waals surface area contributed by atoms with Crippen molar-refractivity contribution in [2.45, 2.75) is 20.0 Å². The van der Waals surface area contributed by atoms with Crippen LogP contribution >= 0.6 is 0 Å². The number of anilines is 1. The van der Waals surface area contributed by atoms with Crippen LogP contribution in [0, 0.1) is 6.92 Å². The summed E-state index contributed by atoms with van der Waals surface area (Å²) in [6.07, 6.45) is 1.14. The van der Waals surface area contributed by atoms with Gasteiger partial charge >= 0.3 is 0 Å². The predicted molar refractivity (Wildman–Crippen MR) is 78.4 cm³/mol. The lowest BCUT2D eigenvalue weighted by Gasteiger charge is -2.19. The van der Waals surface area contributed by atoms with Crippen LogP contribution in [0.25, 0.3) is 0 Å². The third-order valence-corrected chi connectivity index (χ3v) is 3.34. The Labute approximate surface area is 114 Å². The molecule has 0 bridgehead atoms. The molecule has 1 aromatic carbocycles. The first-order valence-electron chi connectivity index (χ1n) is 6.54. The van der Waals surface area contributed by atoms with Gasteiger partial charge in [-0.1, -0.05) is 30.3 Å². The van der Waals surface area contributed by atoms with Gasteiger partial charge in [0.2, 0.25) is 0 Å². The summed E-state index contributed by atoms with van der Waals surface area (Å²) in [7, 11) is 2.02. The lowest BCUT2D eigenvalue weighted by Crippen LogP contribution is -2.18. The van der Waals surface area contributed by atoms with Crippen LogP contribution in [0.4, 0.5) is 5.82 Å². The fourth-order valence-electron chi connectivity index (χ4n) is 2.12. The second-order valence-corrected chi connectivity index (χ2v) is 4.74. The van der Waals surface area contributed by atoms with Crippen molar-refractivity contribution in [3.05, 3.63) is 59.3 Å². The molecule has 0 spiro atoms. The first kappa shape index (κ1) is 13.6. The molecule has 2 rings (SSSR count). The largest absolute Gasteiger partial charge is 0.384 e. The second kappa shape index (κ2) is 5.85. The molecule has 0 radical (unpaired) electrons. The third-order valence-electron chi connectivity index (χ3n) is 3.34. The van der Waals surface area contributed by atoms with Crippen LogP contribution in [-0.4, -0.2) is 23.7 Å². The van der Waals surface area contributed by atoms with Gasteiger partial charge in [0, 0.05) is 25.4 Å². The number of benzene rings is 1. The lowest BCUT2D eigenvalue weighted by molar-refractivity contribution is 0.220. The Hall–Kier alpha value is -1.87. The van der Waals surface area contributed by atoms with Gasteiger partial charge in [0.15, 0.2) is 0 Å². The van der Waals surface area contributed by atoms with Gasteiger partial charge in [-0.25, -0.2) is 4.98 Å². The molecule has 3 heteroatoms. The molecule has 0 amide bonds. The molecule has 1 heterocycles. The molecule has 1 N–H and O–H groups in total. The molecule has 0 saturated carbocycles. The lowest BCUT2D eigenvalue weighted by atomic mass is 10.0. The highest BCUT2D eigenvalue weighted by atomic mass is 16.3. The minimum atomic E-state index is -0.617. The number of aliphatic hydroxyl groups excluding tert-OH is 1. The van der Waals surface area contributed by atoms with Gasteiger partial charge in [-0.15, -0.1) is 0 Å². The van der Waals surface area contributed by atoms with Gasteiger partial charge in [-0.3, -0.25) is 0 Å². The smallest absolute Gasteiger partial charge is 0.131 e. The Bertz CT molecular complexity index is 540. The van der Waals surface area contributed by atoms with Gasteiger partial charge in [0.1, 0.15) is 11.9 Å². The summed E-state index contributed by atoms with van der Waals surface area (Å²) in [5.41, 5.74) is 2.80. The van der Waals surface area contributed by atoms with Crippen molar-refractivity contribution in [3.8, 4) is 0 Å². The molecule has 2 aromatic rings. The maximum atomic E-state index is 10.3. The zero-order valence-electron chi connectivity index (χ0n) is 11.7. The van der Waals surface area contributed by atoms with E-state index in [1.165, 1.54) is 0 Å². The summed E-state index contributed by atoms with van der Waals surface area (Å²) in [4.78, 5) is 6.55. The van der Waals surface area contributed by atoms with Crippen molar-refractivity contribution in [2.24, 2.45) is 0 Å². The molecule has 0 aliphatic heterocycles. The van der Waals surface area contributed by atoms with E-state index in [0.717, 1.165) is 29.1 Å². The van der Waals surface area contributed by atoms with Crippen LogP contribution in [0.15, 0.2) is 42.6 Å². The summed E-state index contributed by atoms with van der Waals surface area (Å²) < 4.78 is 0. The Morgan fingerprint density at radius 3 is 2.47 bits per heavy atom. The molecule has 0 fully saturated rings. The van der Waals surface area contributed by atoms with Gasteiger partial charge in [0.25, 0.3) is 0 Å². The molecule has 0 aliphatic rings. The topological polar surface area (TPSA) is 36.4 Å². The average Bonchev–Trinajstić information content (AvgIpc) is 2.46. The fourth-order valence-corrected chi connectivity index (χ4v) is 2.12. The molecule has 1 atom stereocenters. The van der Waals surface area contributed by atoms with Crippen LogP contribution < -0.4 is 4.90 Å². The van der Waals surface area contributed by atoms with E-state index >= 15 is 0 Å². The van der Waals surface area contributed by atoms with Crippen molar-refractivity contribution in [3.63, 3.8) is 0 Å². The quantitative estimate of drug-likeness (QED) is 0.913. The Morgan fingerprint density at radius 1 is 1.21 bits per heavy atom. The highest BCUT2D eigenvalue weighted by Gasteiger charge is 2.13. The second-order valence-electron chi connectivity index (χ2n) is 4.74. The zero-order chi connectivity index (χ0) is 13.8. The maximum absolute atomic E-state index is 10.3. The summed E-state index contributed by atoms with van der Waals surface area (Å²) in [6, 6.07) is 11.7. The summed E-state index contributed by atoms with van der Waals surface area (Å²) in [6.45, 7) is 5.03. The maximum Gasteiger partial charge on any atom is 0.131 e. The molecular weight excluding hydrogens is 236 g/mol. The van der Waals surface area contributed by atoms with Gasteiger partial charge in [-0.2, -0.15) is 0 Å². The Kier molecular flexibility index (Phi) is 4.17. The van der Waals surface area contributed by atoms with E-state index in [-0.39, 0.29) is 0 Å². The first-order chi connectivity index (χ1) is 9.13. The van der Waals surface area contributed by atoms with E-state index in [1.807, 2.05) is 50.4 Å². The van der Waals surface area contributed by atoms with Crippen molar-refractivity contribution >= 4 is 5.82 Å². The van der Waals surface area contributed by atoms with Crippen molar-refractivity contribution in [1.29, 1.82) is 0 Å². The first-order valence-corrected chi connectivity index (χ1v) is 6.54. The van der Waals surface area contributed by atoms with Crippen LogP contribution in [0.1, 0.15) is 29.7 Å². The average molecular weight is 256 g/mol. The minimum Gasteiger partial charge on any atom is -0.384 e. The standard InChI is InChI=1S/C16H20N2O/c1-4-18(3)16-12(2)10-14(11-17-16)15(19)13-8-6-5-7-9-13/h5-11,15,19H,4H2,1-3H3/t15-/m0/s1. The molecular formula is C16H20N2O. The number of rotatable bonds is 4. The number of hydrogen-bond acceptors (Lipinski definition) is 3.